The maximum absolute atomic E-state index is 12.9. The van der Waals surface area contributed by atoms with Gasteiger partial charge in [0.25, 0.3) is 5.56 Å². The molecular weight excluding hydrogens is 394 g/mol. The number of piperidine rings is 1. The lowest BCUT2D eigenvalue weighted by atomic mass is 9.72. The van der Waals surface area contributed by atoms with E-state index in [-0.39, 0.29) is 16.9 Å². The predicted octanol–water partition coefficient (Wildman–Crippen LogP) is 4.57. The highest BCUT2D eigenvalue weighted by Crippen LogP contribution is 2.42. The molecule has 1 N–H and O–H groups in total. The van der Waals surface area contributed by atoms with Crippen LogP contribution in [-0.4, -0.2) is 33.9 Å². The third-order valence-corrected chi connectivity index (χ3v) is 8.14. The zero-order chi connectivity index (χ0) is 21.6. The van der Waals surface area contributed by atoms with Crippen molar-refractivity contribution < 1.29 is 4.79 Å². The summed E-state index contributed by atoms with van der Waals surface area (Å²) in [6, 6.07) is 0. The Kier molecular flexibility index (Phi) is 5.82. The molecule has 2 aliphatic rings. The van der Waals surface area contributed by atoms with Crippen LogP contribution in [0.1, 0.15) is 70.1 Å². The molecule has 6 heteroatoms. The number of carbonyl (C=O) groups is 1. The second-order valence-corrected chi connectivity index (χ2v) is 11.8. The summed E-state index contributed by atoms with van der Waals surface area (Å²) >= 11 is 1.68. The molecule has 1 amide bonds. The molecule has 164 valence electrons. The van der Waals surface area contributed by atoms with Gasteiger partial charge in [-0.1, -0.05) is 34.6 Å². The van der Waals surface area contributed by atoms with Crippen molar-refractivity contribution in [3.05, 3.63) is 26.6 Å². The van der Waals surface area contributed by atoms with Crippen molar-refractivity contribution in [3.8, 4) is 0 Å². The zero-order valence-corrected chi connectivity index (χ0v) is 19.8. The first kappa shape index (κ1) is 21.5. The van der Waals surface area contributed by atoms with Gasteiger partial charge in [0.1, 0.15) is 10.7 Å². The van der Waals surface area contributed by atoms with Gasteiger partial charge in [-0.3, -0.25) is 9.59 Å². The van der Waals surface area contributed by atoms with Crippen LogP contribution in [0.3, 0.4) is 0 Å². The number of aromatic amines is 1. The monoisotopic (exact) mass is 429 g/mol. The van der Waals surface area contributed by atoms with Crippen LogP contribution in [0.5, 0.6) is 0 Å². The zero-order valence-electron chi connectivity index (χ0n) is 19.0. The number of aromatic nitrogens is 2. The van der Waals surface area contributed by atoms with Crippen LogP contribution in [0.15, 0.2) is 4.79 Å². The molecular formula is C24H35N3O2S. The predicted molar refractivity (Wildman–Crippen MR) is 123 cm³/mol. The number of nitrogens with one attached hydrogen (secondary N) is 1. The van der Waals surface area contributed by atoms with Gasteiger partial charge in [0.15, 0.2) is 0 Å². The molecule has 0 spiro atoms. The average Bonchev–Trinajstić information content (AvgIpc) is 3.02. The summed E-state index contributed by atoms with van der Waals surface area (Å²) in [6.07, 6.45) is 5.23. The number of likely N-dealkylation sites (tertiary alicyclic amines) is 1. The first-order chi connectivity index (χ1) is 14.1. The van der Waals surface area contributed by atoms with Crippen molar-refractivity contribution >= 4 is 27.5 Å². The Morgan fingerprint density at radius 2 is 1.93 bits per heavy atom. The quantitative estimate of drug-likeness (QED) is 0.777. The molecule has 1 fully saturated rings. The molecule has 2 aromatic heterocycles. The minimum Gasteiger partial charge on any atom is -0.342 e. The fraction of sp³-hybridized carbons (Fsp3) is 0.708. The average molecular weight is 430 g/mol. The van der Waals surface area contributed by atoms with Crippen molar-refractivity contribution in [2.75, 3.05) is 13.1 Å². The smallest absolute Gasteiger partial charge is 0.259 e. The number of nitrogens with zero attached hydrogens (tertiary/aromatic N) is 2. The van der Waals surface area contributed by atoms with Crippen molar-refractivity contribution in [2.24, 2.45) is 23.2 Å². The molecule has 0 aromatic carbocycles. The van der Waals surface area contributed by atoms with Gasteiger partial charge in [0.2, 0.25) is 5.91 Å². The van der Waals surface area contributed by atoms with Gasteiger partial charge in [0, 0.05) is 30.8 Å². The fourth-order valence-corrected chi connectivity index (χ4v) is 6.66. The number of amides is 1. The van der Waals surface area contributed by atoms with E-state index in [1.54, 1.807) is 11.3 Å². The summed E-state index contributed by atoms with van der Waals surface area (Å²) in [5.41, 5.74) is 1.46. The van der Waals surface area contributed by atoms with Gasteiger partial charge in [-0.25, -0.2) is 4.98 Å². The van der Waals surface area contributed by atoms with Gasteiger partial charge in [-0.05, 0) is 54.4 Å². The maximum Gasteiger partial charge on any atom is 0.259 e. The lowest BCUT2D eigenvalue weighted by molar-refractivity contribution is -0.133. The van der Waals surface area contributed by atoms with Crippen LogP contribution in [0.4, 0.5) is 0 Å². The molecule has 0 radical (unpaired) electrons. The van der Waals surface area contributed by atoms with Gasteiger partial charge in [-0.15, -0.1) is 11.3 Å². The number of H-pyrrole nitrogens is 1. The van der Waals surface area contributed by atoms with Gasteiger partial charge < -0.3 is 9.88 Å². The molecule has 3 heterocycles. The molecule has 0 bridgehead atoms. The number of rotatable bonds is 3. The molecule has 0 saturated carbocycles. The van der Waals surface area contributed by atoms with E-state index in [2.05, 4.69) is 39.6 Å². The maximum atomic E-state index is 12.9. The first-order valence-corrected chi connectivity index (χ1v) is 12.2. The van der Waals surface area contributed by atoms with E-state index in [1.807, 2.05) is 4.90 Å². The van der Waals surface area contributed by atoms with E-state index < -0.39 is 0 Å². The Balaban J connectivity index is 1.50. The second kappa shape index (κ2) is 8.10. The van der Waals surface area contributed by atoms with E-state index in [9.17, 15) is 9.59 Å². The first-order valence-electron chi connectivity index (χ1n) is 11.4. The van der Waals surface area contributed by atoms with Crippen LogP contribution >= 0.6 is 11.3 Å². The SMILES string of the molecule is C[C@@H]1C[C@@H](C)CN(C(=O)CCc2nc3sc4c(c3c(=O)[nH]2)CC[C@H](C(C)(C)C)C4)C1. The Bertz CT molecular complexity index is 990. The van der Waals surface area contributed by atoms with Crippen molar-refractivity contribution in [3.63, 3.8) is 0 Å². The van der Waals surface area contributed by atoms with E-state index >= 15 is 0 Å². The molecule has 30 heavy (non-hydrogen) atoms. The summed E-state index contributed by atoms with van der Waals surface area (Å²) in [5, 5.41) is 0.788. The molecule has 2 aromatic rings. The normalized spacial score (nSPS) is 24.8. The van der Waals surface area contributed by atoms with E-state index in [4.69, 9.17) is 4.98 Å². The molecule has 1 aliphatic carbocycles. The Labute approximate surface area is 183 Å². The van der Waals surface area contributed by atoms with Crippen LogP contribution < -0.4 is 5.56 Å². The molecule has 1 saturated heterocycles. The Hall–Kier alpha value is -1.69. The Morgan fingerprint density at radius 1 is 1.23 bits per heavy atom. The van der Waals surface area contributed by atoms with Crippen LogP contribution in [0, 0.1) is 23.2 Å². The Morgan fingerprint density at radius 3 is 2.60 bits per heavy atom. The highest BCUT2D eigenvalue weighted by molar-refractivity contribution is 7.18. The number of hydrogen-bond donors (Lipinski definition) is 1. The van der Waals surface area contributed by atoms with Crippen LogP contribution in [0.25, 0.3) is 10.2 Å². The van der Waals surface area contributed by atoms with Crippen molar-refractivity contribution in [1.29, 1.82) is 0 Å². The topological polar surface area (TPSA) is 66.1 Å². The van der Waals surface area contributed by atoms with E-state index in [0.29, 0.717) is 36.4 Å². The van der Waals surface area contributed by atoms with Crippen molar-refractivity contribution in [2.45, 2.75) is 73.1 Å². The van der Waals surface area contributed by atoms with E-state index in [0.717, 1.165) is 42.6 Å². The minimum atomic E-state index is -0.0330. The van der Waals surface area contributed by atoms with E-state index in [1.165, 1.54) is 16.9 Å². The second-order valence-electron chi connectivity index (χ2n) is 10.7. The van der Waals surface area contributed by atoms with Crippen molar-refractivity contribution in [1.82, 2.24) is 14.9 Å². The lowest BCUT2D eigenvalue weighted by Gasteiger charge is -2.35. The van der Waals surface area contributed by atoms with Crippen LogP contribution in [0.2, 0.25) is 0 Å². The molecule has 4 rings (SSSR count). The summed E-state index contributed by atoms with van der Waals surface area (Å²) in [4.78, 5) is 37.5. The number of fused-ring (bicyclic) bond motifs is 3. The van der Waals surface area contributed by atoms with Crippen LogP contribution in [-0.2, 0) is 24.1 Å². The summed E-state index contributed by atoms with van der Waals surface area (Å²) in [6.45, 7) is 13.0. The molecule has 3 atom stereocenters. The van der Waals surface area contributed by atoms with Gasteiger partial charge in [0.05, 0.1) is 5.39 Å². The van der Waals surface area contributed by atoms with Gasteiger partial charge in [-0.2, -0.15) is 0 Å². The summed E-state index contributed by atoms with van der Waals surface area (Å²) in [5.74, 6) is 2.57. The number of thiophene rings is 1. The van der Waals surface area contributed by atoms with Gasteiger partial charge >= 0.3 is 0 Å². The standard InChI is InChI=1S/C24H35N3O2S/c1-14-10-15(2)13-27(12-14)20(28)9-8-19-25-22(29)21-17-7-6-16(24(3,4)5)11-18(17)30-23(21)26-19/h14-16H,6-13H2,1-5H3,(H,25,26,29)/t14-,15-,16+/m1/s1. The number of hydrogen-bond acceptors (Lipinski definition) is 4. The lowest BCUT2D eigenvalue weighted by Crippen LogP contribution is -2.42. The summed E-state index contributed by atoms with van der Waals surface area (Å²) < 4.78 is 0. The third kappa shape index (κ3) is 4.34. The number of aryl methyl sites for hydroxylation is 2. The molecule has 0 unspecified atom stereocenters. The third-order valence-electron chi connectivity index (χ3n) is 6.99. The minimum absolute atomic E-state index is 0.0330. The molecule has 1 aliphatic heterocycles. The summed E-state index contributed by atoms with van der Waals surface area (Å²) in [7, 11) is 0. The highest BCUT2D eigenvalue weighted by atomic mass is 32.1. The highest BCUT2D eigenvalue weighted by Gasteiger charge is 2.32. The molecule has 5 nitrogen and oxygen atoms in total. The largest absolute Gasteiger partial charge is 0.342 e. The number of carbonyl (C=O) groups excluding carboxylic acids is 1. The fourth-order valence-electron chi connectivity index (χ4n) is 5.34.